The fraction of sp³-hybridized carbons (Fsp3) is 0.0769. The first-order valence-corrected chi connectivity index (χ1v) is 6.82. The fourth-order valence-electron chi connectivity index (χ4n) is 1.78. The topological polar surface area (TPSA) is 37.8 Å². The molecule has 3 aromatic rings. The zero-order chi connectivity index (χ0) is 12.4. The summed E-state index contributed by atoms with van der Waals surface area (Å²) in [5, 5.41) is 17.9. The zero-order valence-corrected chi connectivity index (χ0v) is 11.0. The Labute approximate surface area is 113 Å². The lowest BCUT2D eigenvalue weighted by Gasteiger charge is -2.07. The quantitative estimate of drug-likeness (QED) is 0.786. The van der Waals surface area contributed by atoms with E-state index in [4.69, 9.17) is 11.6 Å². The molecule has 1 N–H and O–H groups in total. The van der Waals surface area contributed by atoms with Crippen LogP contribution in [-0.4, -0.2) is 10.2 Å². The van der Waals surface area contributed by atoms with Gasteiger partial charge < -0.3 is 5.32 Å². The highest BCUT2D eigenvalue weighted by atomic mass is 35.5. The van der Waals surface area contributed by atoms with Crippen LogP contribution in [0.2, 0.25) is 5.15 Å². The lowest BCUT2D eigenvalue weighted by atomic mass is 10.2. The van der Waals surface area contributed by atoms with Gasteiger partial charge in [0.25, 0.3) is 0 Å². The third kappa shape index (κ3) is 2.17. The fourth-order valence-corrected chi connectivity index (χ4v) is 2.65. The van der Waals surface area contributed by atoms with E-state index in [9.17, 15) is 0 Å². The van der Waals surface area contributed by atoms with Crippen LogP contribution in [0.25, 0.3) is 10.8 Å². The average molecular weight is 276 g/mol. The molecule has 18 heavy (non-hydrogen) atoms. The Morgan fingerprint density at radius 2 is 1.94 bits per heavy atom. The molecule has 0 aliphatic carbocycles. The summed E-state index contributed by atoms with van der Waals surface area (Å²) in [6.07, 6.45) is 0. The van der Waals surface area contributed by atoms with Gasteiger partial charge in [0.2, 0.25) is 0 Å². The lowest BCUT2D eigenvalue weighted by molar-refractivity contribution is 1.02. The second kappa shape index (κ2) is 4.92. The van der Waals surface area contributed by atoms with Crippen molar-refractivity contribution in [3.05, 3.63) is 51.8 Å². The molecule has 0 amide bonds. The van der Waals surface area contributed by atoms with Crippen LogP contribution in [0.15, 0.2) is 41.1 Å². The number of rotatable bonds is 3. The van der Waals surface area contributed by atoms with Gasteiger partial charge in [0.05, 0.1) is 0 Å². The van der Waals surface area contributed by atoms with Crippen LogP contribution in [0.1, 0.15) is 5.56 Å². The summed E-state index contributed by atoms with van der Waals surface area (Å²) in [5.74, 6) is 0.765. The molecular weight excluding hydrogens is 266 g/mol. The van der Waals surface area contributed by atoms with Crippen molar-refractivity contribution in [3.63, 3.8) is 0 Å². The monoisotopic (exact) mass is 275 g/mol. The van der Waals surface area contributed by atoms with Crippen LogP contribution in [0, 0.1) is 0 Å². The minimum atomic E-state index is 0.437. The third-order valence-corrected chi connectivity index (χ3v) is 3.69. The van der Waals surface area contributed by atoms with Crippen molar-refractivity contribution in [2.75, 3.05) is 5.32 Å². The van der Waals surface area contributed by atoms with Crippen LogP contribution in [-0.2, 0) is 6.54 Å². The molecule has 0 aliphatic heterocycles. The van der Waals surface area contributed by atoms with Crippen molar-refractivity contribution < 1.29 is 0 Å². The number of aromatic nitrogens is 2. The van der Waals surface area contributed by atoms with Gasteiger partial charge in [0, 0.05) is 17.3 Å². The molecular formula is C13H10ClN3S. The van der Waals surface area contributed by atoms with E-state index < -0.39 is 0 Å². The van der Waals surface area contributed by atoms with Gasteiger partial charge in [-0.05, 0) is 22.4 Å². The number of halogens is 1. The van der Waals surface area contributed by atoms with E-state index in [-0.39, 0.29) is 0 Å². The van der Waals surface area contributed by atoms with Crippen LogP contribution in [0.5, 0.6) is 0 Å². The van der Waals surface area contributed by atoms with Gasteiger partial charge in [-0.25, -0.2) is 0 Å². The van der Waals surface area contributed by atoms with Crippen LogP contribution < -0.4 is 5.32 Å². The predicted octanol–water partition coefficient (Wildman–Crippen LogP) is 3.96. The van der Waals surface area contributed by atoms with Gasteiger partial charge in [0.1, 0.15) is 0 Å². The van der Waals surface area contributed by atoms with E-state index >= 15 is 0 Å². The number of nitrogens with zero attached hydrogens (tertiary/aromatic N) is 2. The molecule has 0 unspecified atom stereocenters. The summed E-state index contributed by atoms with van der Waals surface area (Å²) >= 11 is 7.71. The zero-order valence-electron chi connectivity index (χ0n) is 9.43. The Bertz CT molecular complexity index is 667. The standard InChI is InChI=1S/C13H10ClN3S/c14-12-10-3-1-2-4-11(10)13(17-16-12)15-7-9-5-6-18-8-9/h1-6,8H,7H2,(H,15,17). The Hall–Kier alpha value is -1.65. The maximum atomic E-state index is 6.03. The highest BCUT2D eigenvalue weighted by molar-refractivity contribution is 7.07. The Morgan fingerprint density at radius 3 is 2.72 bits per heavy atom. The molecule has 0 saturated heterocycles. The van der Waals surface area contributed by atoms with Gasteiger partial charge in [-0.1, -0.05) is 35.9 Å². The van der Waals surface area contributed by atoms with E-state index in [1.54, 1.807) is 11.3 Å². The Kier molecular flexibility index (Phi) is 3.13. The summed E-state index contributed by atoms with van der Waals surface area (Å²) < 4.78 is 0. The third-order valence-electron chi connectivity index (χ3n) is 2.68. The smallest absolute Gasteiger partial charge is 0.159 e. The van der Waals surface area contributed by atoms with E-state index in [1.807, 2.05) is 24.3 Å². The van der Waals surface area contributed by atoms with E-state index in [0.717, 1.165) is 23.1 Å². The van der Waals surface area contributed by atoms with Crippen molar-refractivity contribution in [1.82, 2.24) is 10.2 Å². The van der Waals surface area contributed by atoms with Crippen LogP contribution >= 0.6 is 22.9 Å². The Balaban J connectivity index is 1.94. The van der Waals surface area contributed by atoms with Crippen molar-refractivity contribution >= 4 is 39.5 Å². The van der Waals surface area contributed by atoms with Crippen molar-refractivity contribution in [2.45, 2.75) is 6.54 Å². The number of nitrogens with one attached hydrogen (secondary N) is 1. The normalized spacial score (nSPS) is 10.7. The number of hydrogen-bond acceptors (Lipinski definition) is 4. The molecule has 0 saturated carbocycles. The number of benzene rings is 1. The van der Waals surface area contributed by atoms with Gasteiger partial charge in [-0.15, -0.1) is 10.2 Å². The lowest BCUT2D eigenvalue weighted by Crippen LogP contribution is -2.02. The summed E-state index contributed by atoms with van der Waals surface area (Å²) in [7, 11) is 0. The van der Waals surface area contributed by atoms with Crippen molar-refractivity contribution in [3.8, 4) is 0 Å². The molecule has 2 heterocycles. The SMILES string of the molecule is Clc1nnc(NCc2ccsc2)c2ccccc12. The number of anilines is 1. The van der Waals surface area contributed by atoms with Gasteiger partial charge in [0.15, 0.2) is 11.0 Å². The number of hydrogen-bond donors (Lipinski definition) is 1. The number of thiophene rings is 1. The molecule has 2 aromatic heterocycles. The minimum Gasteiger partial charge on any atom is -0.364 e. The van der Waals surface area contributed by atoms with Gasteiger partial charge in [-0.3, -0.25) is 0 Å². The summed E-state index contributed by atoms with van der Waals surface area (Å²) in [4.78, 5) is 0. The van der Waals surface area contributed by atoms with Gasteiger partial charge in [-0.2, -0.15) is 11.3 Å². The first kappa shape index (κ1) is 11.4. The molecule has 90 valence electrons. The molecule has 0 atom stereocenters. The molecule has 0 radical (unpaired) electrons. The molecule has 0 spiro atoms. The molecule has 0 fully saturated rings. The molecule has 3 nitrogen and oxygen atoms in total. The molecule has 0 bridgehead atoms. The van der Waals surface area contributed by atoms with Crippen LogP contribution in [0.3, 0.4) is 0 Å². The largest absolute Gasteiger partial charge is 0.364 e. The van der Waals surface area contributed by atoms with Crippen molar-refractivity contribution in [1.29, 1.82) is 0 Å². The van der Waals surface area contributed by atoms with E-state index in [1.165, 1.54) is 5.56 Å². The minimum absolute atomic E-state index is 0.437. The van der Waals surface area contributed by atoms with Crippen molar-refractivity contribution in [2.24, 2.45) is 0 Å². The summed E-state index contributed by atoms with van der Waals surface area (Å²) in [6.45, 7) is 0.740. The highest BCUT2D eigenvalue weighted by Gasteiger charge is 2.06. The van der Waals surface area contributed by atoms with E-state index in [2.05, 4.69) is 32.3 Å². The molecule has 5 heteroatoms. The molecule has 0 aliphatic rings. The first-order valence-electron chi connectivity index (χ1n) is 5.50. The number of fused-ring (bicyclic) bond motifs is 1. The molecule has 1 aromatic carbocycles. The maximum Gasteiger partial charge on any atom is 0.159 e. The van der Waals surface area contributed by atoms with Gasteiger partial charge >= 0.3 is 0 Å². The summed E-state index contributed by atoms with van der Waals surface area (Å²) in [6, 6.07) is 9.94. The van der Waals surface area contributed by atoms with Crippen LogP contribution in [0.4, 0.5) is 5.82 Å². The summed E-state index contributed by atoms with van der Waals surface area (Å²) in [5.41, 5.74) is 1.24. The van der Waals surface area contributed by atoms with E-state index in [0.29, 0.717) is 5.15 Å². The molecule has 3 rings (SSSR count). The first-order chi connectivity index (χ1) is 8.84. The highest BCUT2D eigenvalue weighted by Crippen LogP contribution is 2.25. The Morgan fingerprint density at radius 1 is 1.11 bits per heavy atom. The average Bonchev–Trinajstić information content (AvgIpc) is 2.92. The second-order valence-electron chi connectivity index (χ2n) is 3.87. The second-order valence-corrected chi connectivity index (χ2v) is 5.01. The predicted molar refractivity (Wildman–Crippen MR) is 76.2 cm³/mol. The maximum absolute atomic E-state index is 6.03.